The first-order valence-corrected chi connectivity index (χ1v) is 8.51. The second kappa shape index (κ2) is 7.21. The maximum Gasteiger partial charge on any atom is 0.251 e. The zero-order valence-corrected chi connectivity index (χ0v) is 14.1. The van der Waals surface area contributed by atoms with Crippen LogP contribution in [0, 0.1) is 23.2 Å². The number of carbonyl (C=O) groups excluding carboxylic acids is 1. The Balaban J connectivity index is 1.45. The number of aromatic nitrogens is 1. The van der Waals surface area contributed by atoms with Gasteiger partial charge in [-0.2, -0.15) is 0 Å². The van der Waals surface area contributed by atoms with Gasteiger partial charge < -0.3 is 15.8 Å². The number of carbonyl (C=O) groups is 1. The second-order valence-electron chi connectivity index (χ2n) is 6.49. The molecule has 2 aliphatic rings. The summed E-state index contributed by atoms with van der Waals surface area (Å²) in [5.74, 6) is 2.24. The molecule has 6 nitrogen and oxygen atoms in total. The molecule has 1 amide bonds. The first-order valence-electron chi connectivity index (χ1n) is 8.13. The van der Waals surface area contributed by atoms with Gasteiger partial charge in [0.2, 0.25) is 5.90 Å². The van der Waals surface area contributed by atoms with Crippen molar-refractivity contribution in [2.75, 3.05) is 11.9 Å². The van der Waals surface area contributed by atoms with Gasteiger partial charge in [-0.05, 0) is 49.1 Å². The van der Waals surface area contributed by atoms with E-state index >= 15 is 0 Å². The van der Waals surface area contributed by atoms with E-state index in [1.54, 1.807) is 12.3 Å². The third-order valence-corrected chi connectivity index (χ3v) is 5.21. The average Bonchev–Trinajstić information content (AvgIpc) is 3.15. The maximum absolute atomic E-state index is 11.1. The van der Waals surface area contributed by atoms with Crippen molar-refractivity contribution in [3.05, 3.63) is 35.1 Å². The van der Waals surface area contributed by atoms with Gasteiger partial charge in [-0.15, -0.1) is 0 Å². The summed E-state index contributed by atoms with van der Waals surface area (Å²) in [6, 6.07) is 3.10. The van der Waals surface area contributed by atoms with Crippen LogP contribution in [0.25, 0.3) is 0 Å². The van der Waals surface area contributed by atoms with Gasteiger partial charge in [-0.3, -0.25) is 10.2 Å². The van der Waals surface area contributed by atoms with Crippen LogP contribution in [-0.2, 0) is 4.74 Å². The minimum Gasteiger partial charge on any atom is -0.478 e. The molecule has 0 spiro atoms. The SMILES string of the molecule is N=C(/C=C\Nc1ccc(C(N)=O)c(Cl)n1)OCC1C[C@@H]2CC[C@H]1C2. The summed E-state index contributed by atoms with van der Waals surface area (Å²) in [5, 5.41) is 10.8. The molecule has 2 aliphatic carbocycles. The van der Waals surface area contributed by atoms with Gasteiger partial charge in [0.05, 0.1) is 12.2 Å². The molecular formula is C17H21ClN4O2. The summed E-state index contributed by atoms with van der Waals surface area (Å²) < 4.78 is 5.54. The Hall–Kier alpha value is -2.08. The number of hydrogen-bond donors (Lipinski definition) is 3. The molecular weight excluding hydrogens is 328 g/mol. The first kappa shape index (κ1) is 16.8. The van der Waals surface area contributed by atoms with E-state index in [4.69, 9.17) is 27.5 Å². The van der Waals surface area contributed by atoms with Crippen LogP contribution in [-0.4, -0.2) is 23.4 Å². The Bertz CT molecular complexity index is 677. The molecule has 0 aromatic carbocycles. The molecule has 1 unspecified atom stereocenters. The summed E-state index contributed by atoms with van der Waals surface area (Å²) >= 11 is 5.88. The number of primary amides is 1. The van der Waals surface area contributed by atoms with Crippen molar-refractivity contribution >= 4 is 29.2 Å². The zero-order valence-electron chi connectivity index (χ0n) is 13.3. The first-order chi connectivity index (χ1) is 11.5. The van der Waals surface area contributed by atoms with Gasteiger partial charge in [0.15, 0.2) is 0 Å². The molecule has 1 aromatic heterocycles. The van der Waals surface area contributed by atoms with Crippen LogP contribution in [0.3, 0.4) is 0 Å². The second-order valence-corrected chi connectivity index (χ2v) is 6.84. The molecule has 3 atom stereocenters. The number of rotatable bonds is 6. The van der Waals surface area contributed by atoms with E-state index in [0.717, 1.165) is 11.8 Å². The van der Waals surface area contributed by atoms with Crippen LogP contribution in [0.2, 0.25) is 5.15 Å². The van der Waals surface area contributed by atoms with Crippen LogP contribution >= 0.6 is 11.6 Å². The number of amides is 1. The number of pyridine rings is 1. The molecule has 4 N–H and O–H groups in total. The summed E-state index contributed by atoms with van der Waals surface area (Å²) in [4.78, 5) is 15.1. The van der Waals surface area contributed by atoms with Crippen LogP contribution in [0.15, 0.2) is 24.4 Å². The molecule has 128 valence electrons. The van der Waals surface area contributed by atoms with E-state index < -0.39 is 5.91 Å². The third-order valence-electron chi connectivity index (χ3n) is 4.92. The minimum atomic E-state index is -0.620. The van der Waals surface area contributed by atoms with E-state index in [1.165, 1.54) is 37.8 Å². The number of nitrogens with one attached hydrogen (secondary N) is 2. The van der Waals surface area contributed by atoms with Crippen LogP contribution in [0.1, 0.15) is 36.0 Å². The molecule has 0 saturated heterocycles. The highest BCUT2D eigenvalue weighted by Gasteiger charge is 2.39. The quantitative estimate of drug-likeness (QED) is 0.417. The molecule has 7 heteroatoms. The lowest BCUT2D eigenvalue weighted by atomic mass is 9.90. The number of nitrogens with zero attached hydrogens (tertiary/aromatic N) is 1. The van der Waals surface area contributed by atoms with E-state index in [0.29, 0.717) is 18.3 Å². The Morgan fingerprint density at radius 3 is 2.92 bits per heavy atom. The van der Waals surface area contributed by atoms with Gasteiger partial charge in [-0.1, -0.05) is 18.0 Å². The monoisotopic (exact) mass is 348 g/mol. The van der Waals surface area contributed by atoms with Crippen molar-refractivity contribution < 1.29 is 9.53 Å². The summed E-state index contributed by atoms with van der Waals surface area (Å²) in [6.07, 6.45) is 8.36. The number of nitrogens with two attached hydrogens (primary N) is 1. The predicted octanol–water partition coefficient (Wildman–Crippen LogP) is 3.19. The molecule has 24 heavy (non-hydrogen) atoms. The number of hydrogen-bond acceptors (Lipinski definition) is 5. The van der Waals surface area contributed by atoms with Gasteiger partial charge in [0, 0.05) is 12.3 Å². The summed E-state index contributed by atoms with van der Waals surface area (Å²) in [6.45, 7) is 0.627. The van der Waals surface area contributed by atoms with Crippen LogP contribution < -0.4 is 11.1 Å². The lowest BCUT2D eigenvalue weighted by Gasteiger charge is -2.21. The van der Waals surface area contributed by atoms with E-state index in [9.17, 15) is 4.79 Å². The fraction of sp³-hybridized carbons (Fsp3) is 0.471. The van der Waals surface area contributed by atoms with Gasteiger partial charge in [-0.25, -0.2) is 4.98 Å². The fourth-order valence-electron chi connectivity index (χ4n) is 3.73. The lowest BCUT2D eigenvalue weighted by Crippen LogP contribution is -2.18. The number of halogens is 1. The van der Waals surface area contributed by atoms with Gasteiger partial charge >= 0.3 is 0 Å². The number of anilines is 1. The smallest absolute Gasteiger partial charge is 0.251 e. The van der Waals surface area contributed by atoms with Crippen LogP contribution in [0.5, 0.6) is 0 Å². The largest absolute Gasteiger partial charge is 0.478 e. The Morgan fingerprint density at radius 2 is 2.29 bits per heavy atom. The Kier molecular flexibility index (Phi) is 5.04. The number of ether oxygens (including phenoxy) is 1. The molecule has 0 aliphatic heterocycles. The average molecular weight is 349 g/mol. The molecule has 2 bridgehead atoms. The van der Waals surface area contributed by atoms with Crippen LogP contribution in [0.4, 0.5) is 5.82 Å². The zero-order chi connectivity index (χ0) is 17.1. The minimum absolute atomic E-state index is 0.0449. The van der Waals surface area contributed by atoms with E-state index in [-0.39, 0.29) is 16.6 Å². The highest BCUT2D eigenvalue weighted by Crippen LogP contribution is 2.48. The topological polar surface area (TPSA) is 101 Å². The molecule has 3 rings (SSSR count). The standard InChI is InChI=1S/C17H21ClN4O2/c18-16-13(17(20)23)3-4-15(22-16)21-6-5-14(19)24-9-12-8-10-1-2-11(12)7-10/h3-6,10-12,19H,1-2,7-9H2,(H2,20,23)(H,21,22)/b6-5-,19-14?/t10-,11+,12?/m1/s1. The van der Waals surface area contributed by atoms with Gasteiger partial charge in [0.25, 0.3) is 5.91 Å². The third kappa shape index (κ3) is 3.87. The summed E-state index contributed by atoms with van der Waals surface area (Å²) in [5.41, 5.74) is 5.34. The van der Waals surface area contributed by atoms with Crippen molar-refractivity contribution in [1.29, 1.82) is 5.41 Å². The Morgan fingerprint density at radius 1 is 1.46 bits per heavy atom. The summed E-state index contributed by atoms with van der Waals surface area (Å²) in [7, 11) is 0. The molecule has 2 saturated carbocycles. The van der Waals surface area contributed by atoms with Gasteiger partial charge in [0.1, 0.15) is 11.0 Å². The van der Waals surface area contributed by atoms with Crippen molar-refractivity contribution in [2.24, 2.45) is 23.5 Å². The van der Waals surface area contributed by atoms with E-state index in [1.807, 2.05) is 0 Å². The molecule has 1 heterocycles. The maximum atomic E-state index is 11.1. The number of fused-ring (bicyclic) bond motifs is 2. The highest BCUT2D eigenvalue weighted by molar-refractivity contribution is 6.32. The molecule has 2 fully saturated rings. The highest BCUT2D eigenvalue weighted by atomic mass is 35.5. The van der Waals surface area contributed by atoms with Crippen molar-refractivity contribution in [3.8, 4) is 0 Å². The normalized spacial score (nSPS) is 25.1. The molecule has 1 aromatic rings. The fourth-order valence-corrected chi connectivity index (χ4v) is 3.97. The lowest BCUT2D eigenvalue weighted by molar-refractivity contribution is 0.1000. The Labute approximate surface area is 145 Å². The van der Waals surface area contributed by atoms with E-state index in [2.05, 4.69) is 10.3 Å². The predicted molar refractivity (Wildman–Crippen MR) is 93.1 cm³/mol. The van der Waals surface area contributed by atoms with Crippen molar-refractivity contribution in [3.63, 3.8) is 0 Å². The van der Waals surface area contributed by atoms with Crippen molar-refractivity contribution in [1.82, 2.24) is 4.98 Å². The molecule has 0 radical (unpaired) electrons. The van der Waals surface area contributed by atoms with Crippen molar-refractivity contribution in [2.45, 2.75) is 25.7 Å².